The van der Waals surface area contributed by atoms with Crippen molar-refractivity contribution in [1.82, 2.24) is 15.1 Å². The Morgan fingerprint density at radius 2 is 1.76 bits per heavy atom. The van der Waals surface area contributed by atoms with Crippen molar-refractivity contribution in [1.29, 1.82) is 0 Å². The third-order valence-electron chi connectivity index (χ3n) is 7.27. The molecule has 0 spiro atoms. The molecule has 0 bridgehead atoms. The summed E-state index contributed by atoms with van der Waals surface area (Å²) in [5.74, 6) is -0.273. The minimum Gasteiger partial charge on any atom is -0.376 e. The molecule has 3 heterocycles. The third-order valence-corrected chi connectivity index (χ3v) is 7.27. The number of rotatable bonds is 7. The highest BCUT2D eigenvalue weighted by molar-refractivity contribution is 6.07. The topological polar surface area (TPSA) is 96.0 Å². The Balaban J connectivity index is 1.43. The maximum Gasteiger partial charge on any atom is 0.325 e. The molecule has 0 aromatic heterocycles. The molecule has 4 amide bonds. The highest BCUT2D eigenvalue weighted by atomic mass is 16.5. The standard InChI is InChI=1S/C25H33N3O5/c1-3-12-25(23(31)28(24(32)26-25)16-21-5-4-15-33-21)20-10-13-27(14-11-20)22(30)19-8-6-18(7-9-19)17(2)29/h6-9,20-21H,3-5,10-16H2,1-2H3,(H,26,32)/t21-,25-/m1/s1. The summed E-state index contributed by atoms with van der Waals surface area (Å²) in [6.07, 6.45) is 4.41. The first-order chi connectivity index (χ1) is 15.9. The molecule has 0 saturated carbocycles. The molecular formula is C25H33N3O5. The van der Waals surface area contributed by atoms with E-state index >= 15 is 0 Å². The number of ketones is 1. The summed E-state index contributed by atoms with van der Waals surface area (Å²) in [7, 11) is 0. The number of nitrogens with one attached hydrogen (secondary N) is 1. The van der Waals surface area contributed by atoms with E-state index in [-0.39, 0.29) is 35.7 Å². The first kappa shape index (κ1) is 23.4. The first-order valence-corrected chi connectivity index (χ1v) is 12.0. The Bertz CT molecular complexity index is 916. The van der Waals surface area contributed by atoms with E-state index in [9.17, 15) is 19.2 Å². The summed E-state index contributed by atoms with van der Waals surface area (Å²) < 4.78 is 5.65. The van der Waals surface area contributed by atoms with Crippen LogP contribution in [0.4, 0.5) is 4.79 Å². The molecule has 33 heavy (non-hydrogen) atoms. The van der Waals surface area contributed by atoms with E-state index < -0.39 is 5.54 Å². The first-order valence-electron chi connectivity index (χ1n) is 12.0. The van der Waals surface area contributed by atoms with Crippen LogP contribution in [0.3, 0.4) is 0 Å². The van der Waals surface area contributed by atoms with Gasteiger partial charge in [-0.3, -0.25) is 19.3 Å². The lowest BCUT2D eigenvalue weighted by Crippen LogP contribution is -2.56. The quantitative estimate of drug-likeness (QED) is 0.504. The fourth-order valence-electron chi connectivity index (χ4n) is 5.45. The van der Waals surface area contributed by atoms with Gasteiger partial charge in [0.1, 0.15) is 5.54 Å². The summed E-state index contributed by atoms with van der Waals surface area (Å²) in [6, 6.07) is 6.40. The number of urea groups is 1. The number of hydrogen-bond donors (Lipinski definition) is 1. The van der Waals surface area contributed by atoms with Crippen molar-refractivity contribution in [3.63, 3.8) is 0 Å². The molecule has 3 aliphatic heterocycles. The highest BCUT2D eigenvalue weighted by Gasteiger charge is 2.55. The molecule has 1 N–H and O–H groups in total. The van der Waals surface area contributed by atoms with Crippen LogP contribution >= 0.6 is 0 Å². The van der Waals surface area contributed by atoms with Crippen LogP contribution < -0.4 is 5.32 Å². The van der Waals surface area contributed by atoms with E-state index in [4.69, 9.17) is 4.74 Å². The zero-order valence-electron chi connectivity index (χ0n) is 19.5. The molecule has 3 aliphatic rings. The Morgan fingerprint density at radius 3 is 2.33 bits per heavy atom. The SMILES string of the molecule is CCC[C@]1(C2CCN(C(=O)c3ccc(C(C)=O)cc3)CC2)NC(=O)N(C[C@H]2CCCO2)C1=O. The summed E-state index contributed by atoms with van der Waals surface area (Å²) in [4.78, 5) is 53.9. The van der Waals surface area contributed by atoms with Crippen molar-refractivity contribution in [3.05, 3.63) is 35.4 Å². The van der Waals surface area contributed by atoms with Gasteiger partial charge in [-0.1, -0.05) is 25.5 Å². The predicted molar refractivity (Wildman–Crippen MR) is 122 cm³/mol. The van der Waals surface area contributed by atoms with E-state index in [2.05, 4.69) is 5.32 Å². The number of carbonyl (C=O) groups is 4. The fraction of sp³-hybridized carbons (Fsp3) is 0.600. The number of likely N-dealkylation sites (tertiary alicyclic amines) is 1. The van der Waals surface area contributed by atoms with Crippen molar-refractivity contribution in [2.24, 2.45) is 5.92 Å². The number of hydrogen-bond acceptors (Lipinski definition) is 5. The Kier molecular flexibility index (Phi) is 6.83. The molecule has 8 nitrogen and oxygen atoms in total. The average Bonchev–Trinajstić information content (AvgIpc) is 3.42. The van der Waals surface area contributed by atoms with Crippen LogP contribution in [0.2, 0.25) is 0 Å². The summed E-state index contributed by atoms with van der Waals surface area (Å²) in [5.41, 5.74) is 0.229. The Hall–Kier alpha value is -2.74. The van der Waals surface area contributed by atoms with Crippen LogP contribution in [-0.2, 0) is 9.53 Å². The second-order valence-electron chi connectivity index (χ2n) is 9.40. The van der Waals surface area contributed by atoms with E-state index in [0.29, 0.717) is 56.6 Å². The predicted octanol–water partition coefficient (Wildman–Crippen LogP) is 3.01. The van der Waals surface area contributed by atoms with Gasteiger partial charge in [-0.2, -0.15) is 0 Å². The number of piperidine rings is 1. The molecular weight excluding hydrogens is 422 g/mol. The average molecular weight is 456 g/mol. The van der Waals surface area contributed by atoms with E-state index in [1.54, 1.807) is 29.2 Å². The zero-order valence-corrected chi connectivity index (χ0v) is 19.5. The monoisotopic (exact) mass is 455 g/mol. The number of amides is 4. The van der Waals surface area contributed by atoms with Gasteiger partial charge < -0.3 is 15.0 Å². The summed E-state index contributed by atoms with van der Waals surface area (Å²) >= 11 is 0. The minimum atomic E-state index is -0.900. The molecule has 0 unspecified atom stereocenters. The van der Waals surface area contributed by atoms with E-state index in [0.717, 1.165) is 19.3 Å². The fourth-order valence-corrected chi connectivity index (χ4v) is 5.45. The van der Waals surface area contributed by atoms with Crippen LogP contribution in [0.5, 0.6) is 0 Å². The number of carbonyl (C=O) groups excluding carboxylic acids is 4. The summed E-state index contributed by atoms with van der Waals surface area (Å²) in [6.45, 7) is 5.56. The molecule has 1 aromatic carbocycles. The molecule has 8 heteroatoms. The molecule has 0 aliphatic carbocycles. The van der Waals surface area contributed by atoms with Gasteiger partial charge in [-0.15, -0.1) is 0 Å². The van der Waals surface area contributed by atoms with Gasteiger partial charge in [0, 0.05) is 30.8 Å². The third kappa shape index (κ3) is 4.53. The lowest BCUT2D eigenvalue weighted by Gasteiger charge is -2.41. The smallest absolute Gasteiger partial charge is 0.325 e. The van der Waals surface area contributed by atoms with Gasteiger partial charge in [0.15, 0.2) is 5.78 Å². The molecule has 3 saturated heterocycles. The van der Waals surface area contributed by atoms with Gasteiger partial charge >= 0.3 is 6.03 Å². The molecule has 4 rings (SSSR count). The number of nitrogens with zero attached hydrogens (tertiary/aromatic N) is 2. The maximum absolute atomic E-state index is 13.5. The normalized spacial score (nSPS) is 26.1. The van der Waals surface area contributed by atoms with Crippen LogP contribution in [0.15, 0.2) is 24.3 Å². The van der Waals surface area contributed by atoms with E-state index in [1.807, 2.05) is 6.92 Å². The lowest BCUT2D eigenvalue weighted by molar-refractivity contribution is -0.135. The van der Waals surface area contributed by atoms with Crippen molar-refractivity contribution in [2.45, 2.75) is 64.0 Å². The van der Waals surface area contributed by atoms with Crippen molar-refractivity contribution in [3.8, 4) is 0 Å². The van der Waals surface area contributed by atoms with Gasteiger partial charge in [0.05, 0.1) is 12.6 Å². The number of Topliss-reactive ketones (excluding diaryl/α,β-unsaturated/α-hetero) is 1. The van der Waals surface area contributed by atoms with Gasteiger partial charge in [-0.05, 0) is 57.1 Å². The highest BCUT2D eigenvalue weighted by Crippen LogP contribution is 2.37. The van der Waals surface area contributed by atoms with Crippen LogP contribution in [0.25, 0.3) is 0 Å². The van der Waals surface area contributed by atoms with Crippen LogP contribution in [0.1, 0.15) is 73.1 Å². The zero-order chi connectivity index (χ0) is 23.6. The molecule has 2 atom stereocenters. The Labute approximate surface area is 194 Å². The molecule has 1 aromatic rings. The molecule has 0 radical (unpaired) electrons. The summed E-state index contributed by atoms with van der Waals surface area (Å²) in [5, 5.41) is 3.05. The second kappa shape index (κ2) is 9.63. The van der Waals surface area contributed by atoms with Crippen LogP contribution in [0, 0.1) is 5.92 Å². The number of imide groups is 1. The molecule has 3 fully saturated rings. The van der Waals surface area contributed by atoms with Crippen molar-refractivity contribution >= 4 is 23.6 Å². The van der Waals surface area contributed by atoms with Gasteiger partial charge in [-0.25, -0.2) is 4.79 Å². The second-order valence-corrected chi connectivity index (χ2v) is 9.40. The van der Waals surface area contributed by atoms with E-state index in [1.165, 1.54) is 11.8 Å². The van der Waals surface area contributed by atoms with Crippen LogP contribution in [-0.4, -0.2) is 71.3 Å². The Morgan fingerprint density at radius 1 is 1.09 bits per heavy atom. The minimum absolute atomic E-state index is 0.0208. The largest absolute Gasteiger partial charge is 0.376 e. The number of benzene rings is 1. The lowest BCUT2D eigenvalue weighted by atomic mass is 9.74. The van der Waals surface area contributed by atoms with Crippen molar-refractivity contribution < 1.29 is 23.9 Å². The molecule has 178 valence electrons. The van der Waals surface area contributed by atoms with Gasteiger partial charge in [0.25, 0.3) is 11.8 Å². The van der Waals surface area contributed by atoms with Gasteiger partial charge in [0.2, 0.25) is 0 Å². The maximum atomic E-state index is 13.5. The van der Waals surface area contributed by atoms with Crippen molar-refractivity contribution in [2.75, 3.05) is 26.2 Å². The number of ether oxygens (including phenoxy) is 1.